The molecule has 156 valence electrons. The number of aliphatic hydroxyl groups is 1. The number of guanidine groups is 1. The van der Waals surface area contributed by atoms with Crippen LogP contribution in [0.15, 0.2) is 35.3 Å². The van der Waals surface area contributed by atoms with Crippen molar-refractivity contribution in [3.63, 3.8) is 0 Å². The number of benzene rings is 1. The van der Waals surface area contributed by atoms with E-state index in [-0.39, 0.29) is 29.5 Å². The molecule has 0 saturated carbocycles. The highest BCUT2D eigenvalue weighted by molar-refractivity contribution is 14.0. The summed E-state index contributed by atoms with van der Waals surface area (Å²) in [4.78, 5) is 7.55. The molecule has 0 bridgehead atoms. The Labute approximate surface area is 188 Å². The predicted molar refractivity (Wildman–Crippen MR) is 128 cm³/mol. The van der Waals surface area contributed by atoms with Gasteiger partial charge < -0.3 is 25.4 Å². The zero-order chi connectivity index (χ0) is 19.3. The summed E-state index contributed by atoms with van der Waals surface area (Å²) in [5.74, 6) is 0.711. The number of likely N-dealkylation sites (N-methyl/N-ethyl adjacent to an activating group) is 1. The van der Waals surface area contributed by atoms with Crippen molar-refractivity contribution in [2.75, 3.05) is 47.4 Å². The van der Waals surface area contributed by atoms with Gasteiger partial charge in [-0.05, 0) is 44.5 Å². The number of nitrogens with zero attached hydrogens (tertiary/aromatic N) is 2. The van der Waals surface area contributed by atoms with Gasteiger partial charge in [0.25, 0.3) is 0 Å². The van der Waals surface area contributed by atoms with Crippen LogP contribution >= 0.6 is 35.3 Å². The fourth-order valence-electron chi connectivity index (χ4n) is 3.46. The summed E-state index contributed by atoms with van der Waals surface area (Å²) in [6, 6.07) is 10.3. The maximum atomic E-state index is 10.6. The highest BCUT2D eigenvalue weighted by Gasteiger charge is 2.34. The molecular formula is C20H31IN4O2S. The zero-order valence-corrected chi connectivity index (χ0v) is 19.9. The lowest BCUT2D eigenvalue weighted by atomic mass is 9.88. The first-order valence-electron chi connectivity index (χ1n) is 9.40. The lowest BCUT2D eigenvalue weighted by Crippen LogP contribution is -2.57. The van der Waals surface area contributed by atoms with E-state index in [1.807, 2.05) is 12.1 Å². The van der Waals surface area contributed by atoms with Crippen molar-refractivity contribution in [1.29, 1.82) is 0 Å². The number of nitrogens with one attached hydrogen (secondary N) is 2. The van der Waals surface area contributed by atoms with Crippen LogP contribution in [0, 0.1) is 0 Å². The zero-order valence-electron chi connectivity index (χ0n) is 16.8. The Bertz CT molecular complexity index is 741. The van der Waals surface area contributed by atoms with Crippen molar-refractivity contribution in [2.24, 2.45) is 4.99 Å². The first kappa shape index (κ1) is 23.3. The summed E-state index contributed by atoms with van der Waals surface area (Å²) in [5.41, 5.74) is 0.0694. The normalized spacial score (nSPS) is 18.0. The third-order valence-electron chi connectivity index (χ3n) is 5.42. The van der Waals surface area contributed by atoms with Gasteiger partial charge in [-0.1, -0.05) is 18.2 Å². The predicted octanol–water partition coefficient (Wildman–Crippen LogP) is 2.83. The summed E-state index contributed by atoms with van der Waals surface area (Å²) < 4.78 is 6.72. The van der Waals surface area contributed by atoms with Gasteiger partial charge in [-0.25, -0.2) is 0 Å². The Balaban J connectivity index is 0.00000280. The number of halogens is 1. The summed E-state index contributed by atoms with van der Waals surface area (Å²) in [6.07, 6.45) is 1.43. The summed E-state index contributed by atoms with van der Waals surface area (Å²) in [7, 11) is 6.00. The van der Waals surface area contributed by atoms with E-state index in [9.17, 15) is 5.11 Å². The molecule has 3 N–H and O–H groups in total. The number of aliphatic hydroxyl groups excluding tert-OH is 1. The number of hydrogen-bond acceptors (Lipinski definition) is 5. The van der Waals surface area contributed by atoms with E-state index in [0.29, 0.717) is 12.5 Å². The number of aliphatic imine (C=N–C) groups is 1. The van der Waals surface area contributed by atoms with Gasteiger partial charge in [-0.2, -0.15) is 0 Å². The Morgan fingerprint density at radius 3 is 2.64 bits per heavy atom. The molecule has 2 heterocycles. The Morgan fingerprint density at radius 2 is 2.00 bits per heavy atom. The Hall–Kier alpha value is -0.940. The van der Waals surface area contributed by atoms with Crippen LogP contribution in [0.2, 0.25) is 0 Å². The van der Waals surface area contributed by atoms with Gasteiger partial charge >= 0.3 is 0 Å². The highest BCUT2D eigenvalue weighted by atomic mass is 127. The summed E-state index contributed by atoms with van der Waals surface area (Å²) in [6.45, 7) is 2.79. The number of fused-ring (bicyclic) bond motifs is 1. The van der Waals surface area contributed by atoms with Crippen molar-refractivity contribution >= 4 is 51.4 Å². The van der Waals surface area contributed by atoms with Crippen molar-refractivity contribution < 1.29 is 9.84 Å². The van der Waals surface area contributed by atoms with Gasteiger partial charge in [0.15, 0.2) is 5.96 Å². The van der Waals surface area contributed by atoms with Gasteiger partial charge in [0.05, 0.1) is 0 Å². The lowest BCUT2D eigenvalue weighted by molar-refractivity contribution is -0.00502. The van der Waals surface area contributed by atoms with E-state index in [2.05, 4.69) is 52.8 Å². The number of ether oxygens (including phenoxy) is 1. The average Bonchev–Trinajstić information content (AvgIpc) is 3.13. The smallest absolute Gasteiger partial charge is 0.191 e. The third kappa shape index (κ3) is 5.56. The van der Waals surface area contributed by atoms with Crippen LogP contribution < -0.4 is 10.6 Å². The summed E-state index contributed by atoms with van der Waals surface area (Å²) in [5, 5.41) is 18.4. The molecule has 1 aliphatic heterocycles. The quantitative estimate of drug-likeness (QED) is 0.312. The molecule has 0 radical (unpaired) electrons. The largest absolute Gasteiger partial charge is 0.386 e. The second-order valence-electron chi connectivity index (χ2n) is 7.24. The van der Waals surface area contributed by atoms with Gasteiger partial charge in [-0.3, -0.25) is 4.99 Å². The van der Waals surface area contributed by atoms with E-state index in [1.165, 1.54) is 10.1 Å². The molecule has 28 heavy (non-hydrogen) atoms. The third-order valence-corrected chi connectivity index (χ3v) is 6.63. The van der Waals surface area contributed by atoms with Crippen LogP contribution in [0.25, 0.3) is 10.1 Å². The molecule has 6 nitrogen and oxygen atoms in total. The standard InChI is InChI=1S/C20H30N4O2S.HI/c1-21-19(23-14-20(24(2)3)8-10-26-11-9-20)22-13-16(25)18-12-15-6-4-5-7-17(15)27-18;/h4-7,12,16,25H,8-11,13-14H2,1-3H3,(H2,21,22,23);1H. The molecule has 1 fully saturated rings. The van der Waals surface area contributed by atoms with Crippen molar-refractivity contribution in [3.05, 3.63) is 35.2 Å². The minimum atomic E-state index is -0.563. The SMILES string of the molecule is CN=C(NCC(O)c1cc2ccccc2s1)NCC1(N(C)C)CCOCC1.I. The number of thiophene rings is 1. The number of rotatable bonds is 6. The molecule has 2 aromatic rings. The van der Waals surface area contributed by atoms with Gasteiger partial charge in [-0.15, -0.1) is 35.3 Å². The molecular weight excluding hydrogens is 487 g/mol. The van der Waals surface area contributed by atoms with Crippen molar-refractivity contribution in [1.82, 2.24) is 15.5 Å². The molecule has 1 aromatic carbocycles. The molecule has 0 amide bonds. The molecule has 3 rings (SSSR count). The maximum Gasteiger partial charge on any atom is 0.191 e. The van der Waals surface area contributed by atoms with E-state index in [0.717, 1.165) is 37.5 Å². The van der Waals surface area contributed by atoms with E-state index in [1.54, 1.807) is 18.4 Å². The molecule has 1 aromatic heterocycles. The lowest BCUT2D eigenvalue weighted by Gasteiger charge is -2.43. The summed E-state index contributed by atoms with van der Waals surface area (Å²) >= 11 is 1.63. The Morgan fingerprint density at radius 1 is 1.29 bits per heavy atom. The van der Waals surface area contributed by atoms with Crippen LogP contribution in [0.3, 0.4) is 0 Å². The molecule has 8 heteroatoms. The average molecular weight is 518 g/mol. The fraction of sp³-hybridized carbons (Fsp3) is 0.550. The molecule has 1 atom stereocenters. The molecule has 0 spiro atoms. The van der Waals surface area contributed by atoms with Crippen molar-refractivity contribution in [3.8, 4) is 0 Å². The molecule has 1 saturated heterocycles. The van der Waals surface area contributed by atoms with E-state index >= 15 is 0 Å². The minimum Gasteiger partial charge on any atom is -0.386 e. The van der Waals surface area contributed by atoms with Crippen LogP contribution in [-0.4, -0.2) is 69.0 Å². The first-order chi connectivity index (χ1) is 13.0. The van der Waals surface area contributed by atoms with Crippen molar-refractivity contribution in [2.45, 2.75) is 24.5 Å². The van der Waals surface area contributed by atoms with Gasteiger partial charge in [0.2, 0.25) is 0 Å². The van der Waals surface area contributed by atoms with Gasteiger partial charge in [0.1, 0.15) is 6.10 Å². The Kier molecular flexibility index (Phi) is 8.94. The van der Waals surface area contributed by atoms with E-state index in [4.69, 9.17) is 4.74 Å². The first-order valence-corrected chi connectivity index (χ1v) is 10.2. The van der Waals surface area contributed by atoms with Crippen LogP contribution in [0.1, 0.15) is 23.8 Å². The second kappa shape index (κ2) is 10.7. The van der Waals surface area contributed by atoms with Crippen LogP contribution in [0.4, 0.5) is 0 Å². The monoisotopic (exact) mass is 518 g/mol. The second-order valence-corrected chi connectivity index (χ2v) is 8.36. The molecule has 0 aliphatic carbocycles. The van der Waals surface area contributed by atoms with E-state index < -0.39 is 6.10 Å². The maximum absolute atomic E-state index is 10.6. The van der Waals surface area contributed by atoms with Crippen LogP contribution in [-0.2, 0) is 4.74 Å². The molecule has 1 unspecified atom stereocenters. The minimum absolute atomic E-state index is 0. The van der Waals surface area contributed by atoms with Crippen LogP contribution in [0.5, 0.6) is 0 Å². The fourth-order valence-corrected chi connectivity index (χ4v) is 4.51. The highest BCUT2D eigenvalue weighted by Crippen LogP contribution is 2.29. The number of hydrogen-bond donors (Lipinski definition) is 3. The topological polar surface area (TPSA) is 69.1 Å². The molecule has 1 aliphatic rings. The van der Waals surface area contributed by atoms with Gasteiger partial charge in [0, 0.05) is 48.5 Å².